The Morgan fingerprint density at radius 1 is 1.50 bits per heavy atom. The molecule has 0 aliphatic carbocycles. The summed E-state index contributed by atoms with van der Waals surface area (Å²) in [6, 6.07) is 0.352. The zero-order valence-corrected chi connectivity index (χ0v) is 10.8. The van der Waals surface area contributed by atoms with E-state index < -0.39 is 0 Å². The fourth-order valence-electron chi connectivity index (χ4n) is 1.44. The van der Waals surface area contributed by atoms with Crippen LogP contribution in [0.15, 0.2) is 4.47 Å². The first kappa shape index (κ1) is 11.6. The van der Waals surface area contributed by atoms with Crippen LogP contribution in [-0.2, 0) is 0 Å². The first-order chi connectivity index (χ1) is 6.49. The van der Waals surface area contributed by atoms with Gasteiger partial charge in [0.05, 0.1) is 16.2 Å². The summed E-state index contributed by atoms with van der Waals surface area (Å²) in [6.45, 7) is 8.52. The number of hydrogen-bond donors (Lipinski definition) is 1. The molecular formula is C10H18BrN3. The van der Waals surface area contributed by atoms with Gasteiger partial charge in [0.2, 0.25) is 0 Å². The van der Waals surface area contributed by atoms with E-state index in [9.17, 15) is 0 Å². The molecule has 2 unspecified atom stereocenters. The fraction of sp³-hybridized carbons (Fsp3) is 0.700. The predicted octanol–water partition coefficient (Wildman–Crippen LogP) is 3.14. The second kappa shape index (κ2) is 4.34. The molecule has 1 aromatic rings. The molecule has 1 aromatic heterocycles. The first-order valence-electron chi connectivity index (χ1n) is 4.99. The van der Waals surface area contributed by atoms with E-state index in [-0.39, 0.29) is 0 Å². The Kier molecular flexibility index (Phi) is 3.59. The monoisotopic (exact) mass is 259 g/mol. The molecule has 0 spiro atoms. The third-order valence-corrected chi connectivity index (χ3v) is 3.88. The van der Waals surface area contributed by atoms with Crippen LogP contribution in [0.3, 0.4) is 0 Å². The van der Waals surface area contributed by atoms with Gasteiger partial charge in [-0.2, -0.15) is 5.10 Å². The number of nitrogens with zero attached hydrogens (tertiary/aromatic N) is 2. The average molecular weight is 260 g/mol. The predicted molar refractivity (Wildman–Crippen MR) is 63.2 cm³/mol. The van der Waals surface area contributed by atoms with Crippen molar-refractivity contribution in [2.45, 2.75) is 40.2 Å². The van der Waals surface area contributed by atoms with Gasteiger partial charge in [0.1, 0.15) is 5.82 Å². The van der Waals surface area contributed by atoms with Gasteiger partial charge in [-0.05, 0) is 35.7 Å². The molecule has 0 aliphatic heterocycles. The van der Waals surface area contributed by atoms with Gasteiger partial charge in [-0.25, -0.2) is 4.68 Å². The highest BCUT2D eigenvalue weighted by molar-refractivity contribution is 9.10. The summed E-state index contributed by atoms with van der Waals surface area (Å²) in [6.07, 6.45) is 1.14. The van der Waals surface area contributed by atoms with E-state index in [1.54, 1.807) is 0 Å². The summed E-state index contributed by atoms with van der Waals surface area (Å²) in [4.78, 5) is 0. The van der Waals surface area contributed by atoms with Gasteiger partial charge in [0.25, 0.3) is 0 Å². The number of nitrogens with two attached hydrogens (primary N) is 1. The standard InChI is InChI=1S/C10H18BrN3/c1-5-6(2)8(4)14-10(12)9(11)7(3)13-14/h6,8H,5,12H2,1-4H3. The molecule has 0 bridgehead atoms. The lowest BCUT2D eigenvalue weighted by atomic mass is 10.0. The first-order valence-corrected chi connectivity index (χ1v) is 5.78. The summed E-state index contributed by atoms with van der Waals surface area (Å²) in [5, 5.41) is 4.42. The molecule has 3 nitrogen and oxygen atoms in total. The van der Waals surface area contributed by atoms with Crippen LogP contribution in [0.4, 0.5) is 5.82 Å². The smallest absolute Gasteiger partial charge is 0.136 e. The lowest BCUT2D eigenvalue weighted by Gasteiger charge is -2.19. The second-order valence-electron chi connectivity index (χ2n) is 3.86. The zero-order valence-electron chi connectivity index (χ0n) is 9.21. The number of nitrogen functional groups attached to an aromatic ring is 1. The van der Waals surface area contributed by atoms with Crippen LogP contribution in [0.2, 0.25) is 0 Å². The summed E-state index contributed by atoms with van der Waals surface area (Å²) in [7, 11) is 0. The molecule has 0 fully saturated rings. The maximum atomic E-state index is 5.95. The van der Waals surface area contributed by atoms with Crippen LogP contribution in [-0.4, -0.2) is 9.78 Å². The average Bonchev–Trinajstić information content (AvgIpc) is 2.43. The van der Waals surface area contributed by atoms with Crippen molar-refractivity contribution in [3.05, 3.63) is 10.2 Å². The zero-order chi connectivity index (χ0) is 10.9. The third-order valence-electron chi connectivity index (χ3n) is 2.90. The maximum absolute atomic E-state index is 5.95. The summed E-state index contributed by atoms with van der Waals surface area (Å²) >= 11 is 3.43. The molecule has 4 heteroatoms. The van der Waals surface area contributed by atoms with Crippen molar-refractivity contribution in [2.24, 2.45) is 5.92 Å². The second-order valence-corrected chi connectivity index (χ2v) is 4.65. The number of rotatable bonds is 3. The lowest BCUT2D eigenvalue weighted by molar-refractivity contribution is 0.346. The Morgan fingerprint density at radius 3 is 2.43 bits per heavy atom. The van der Waals surface area contributed by atoms with E-state index >= 15 is 0 Å². The van der Waals surface area contributed by atoms with Crippen molar-refractivity contribution in [2.75, 3.05) is 5.73 Å². The Balaban J connectivity index is 3.01. The molecule has 1 rings (SSSR count). The molecule has 80 valence electrons. The summed E-state index contributed by atoms with van der Waals surface area (Å²) in [5.74, 6) is 1.32. The van der Waals surface area contributed by atoms with E-state index in [1.807, 2.05) is 11.6 Å². The Hall–Kier alpha value is -0.510. The van der Waals surface area contributed by atoms with Crippen LogP contribution in [0.25, 0.3) is 0 Å². The number of aromatic nitrogens is 2. The van der Waals surface area contributed by atoms with Gasteiger partial charge in [0, 0.05) is 0 Å². The molecule has 0 saturated carbocycles. The van der Waals surface area contributed by atoms with Gasteiger partial charge in [-0.15, -0.1) is 0 Å². The quantitative estimate of drug-likeness (QED) is 0.907. The van der Waals surface area contributed by atoms with Crippen molar-refractivity contribution < 1.29 is 0 Å². The number of halogens is 1. The van der Waals surface area contributed by atoms with Crippen LogP contribution >= 0.6 is 15.9 Å². The molecule has 2 atom stereocenters. The van der Waals surface area contributed by atoms with Crippen molar-refractivity contribution in [1.82, 2.24) is 9.78 Å². The number of aryl methyl sites for hydroxylation is 1. The molecule has 0 aromatic carbocycles. The fourth-order valence-corrected chi connectivity index (χ4v) is 1.70. The Bertz CT molecular complexity index is 319. The van der Waals surface area contributed by atoms with Crippen LogP contribution in [0.5, 0.6) is 0 Å². The minimum absolute atomic E-state index is 0.352. The van der Waals surface area contributed by atoms with Gasteiger partial charge in [0.15, 0.2) is 0 Å². The number of anilines is 1. The molecule has 0 aliphatic rings. The third kappa shape index (κ3) is 1.95. The van der Waals surface area contributed by atoms with E-state index in [2.05, 4.69) is 41.8 Å². The minimum Gasteiger partial charge on any atom is -0.383 e. The summed E-state index contributed by atoms with van der Waals surface area (Å²) in [5.41, 5.74) is 6.91. The van der Waals surface area contributed by atoms with Gasteiger partial charge >= 0.3 is 0 Å². The van der Waals surface area contributed by atoms with Crippen LogP contribution < -0.4 is 5.73 Å². The molecule has 2 N–H and O–H groups in total. The highest BCUT2D eigenvalue weighted by Crippen LogP contribution is 2.29. The Labute approximate surface area is 93.8 Å². The van der Waals surface area contributed by atoms with E-state index in [4.69, 9.17) is 5.73 Å². The molecule has 0 saturated heterocycles. The van der Waals surface area contributed by atoms with Crippen LogP contribution in [0.1, 0.15) is 38.9 Å². The van der Waals surface area contributed by atoms with E-state index in [1.165, 1.54) is 0 Å². The molecule has 14 heavy (non-hydrogen) atoms. The summed E-state index contributed by atoms with van der Waals surface area (Å²) < 4.78 is 2.83. The highest BCUT2D eigenvalue weighted by Gasteiger charge is 2.18. The van der Waals surface area contributed by atoms with Crippen LogP contribution in [0, 0.1) is 12.8 Å². The highest BCUT2D eigenvalue weighted by atomic mass is 79.9. The molecule has 0 radical (unpaired) electrons. The maximum Gasteiger partial charge on any atom is 0.136 e. The lowest BCUT2D eigenvalue weighted by Crippen LogP contribution is -2.16. The van der Waals surface area contributed by atoms with Gasteiger partial charge in [-0.3, -0.25) is 0 Å². The topological polar surface area (TPSA) is 43.8 Å². The van der Waals surface area contributed by atoms with Gasteiger partial charge < -0.3 is 5.73 Å². The molecule has 1 heterocycles. The number of hydrogen-bond acceptors (Lipinski definition) is 2. The SMILES string of the molecule is CCC(C)C(C)n1nc(C)c(Br)c1N. The normalized spacial score (nSPS) is 15.5. The Morgan fingerprint density at radius 2 is 2.07 bits per heavy atom. The van der Waals surface area contributed by atoms with E-state index in [0.717, 1.165) is 22.4 Å². The molecular weight excluding hydrogens is 242 g/mol. The van der Waals surface area contributed by atoms with Crippen molar-refractivity contribution in [3.8, 4) is 0 Å². The minimum atomic E-state index is 0.352. The largest absolute Gasteiger partial charge is 0.383 e. The van der Waals surface area contributed by atoms with Crippen molar-refractivity contribution >= 4 is 21.7 Å². The van der Waals surface area contributed by atoms with Crippen molar-refractivity contribution in [1.29, 1.82) is 0 Å². The molecule has 0 amide bonds. The van der Waals surface area contributed by atoms with Crippen molar-refractivity contribution in [3.63, 3.8) is 0 Å². The van der Waals surface area contributed by atoms with Gasteiger partial charge in [-0.1, -0.05) is 20.3 Å². The van der Waals surface area contributed by atoms with E-state index in [0.29, 0.717) is 12.0 Å².